The fraction of sp³-hybridized carbons (Fsp3) is 0. The SMILES string of the molecule is Nc1nc(Br)cnc1C#CI. The third-order valence-corrected chi connectivity index (χ3v) is 1.59. The second-order valence-electron chi connectivity index (χ2n) is 1.65. The number of halogens is 2. The van der Waals surface area contributed by atoms with Crippen LogP contribution in [-0.2, 0) is 0 Å². The van der Waals surface area contributed by atoms with Crippen LogP contribution in [0.5, 0.6) is 0 Å². The molecule has 0 saturated carbocycles. The molecule has 11 heavy (non-hydrogen) atoms. The molecule has 1 heterocycles. The zero-order valence-electron chi connectivity index (χ0n) is 5.31. The van der Waals surface area contributed by atoms with Crippen LogP contribution < -0.4 is 5.73 Å². The number of aromatic nitrogens is 2. The first-order valence-corrected chi connectivity index (χ1v) is 4.51. The van der Waals surface area contributed by atoms with Crippen molar-refractivity contribution in [2.45, 2.75) is 0 Å². The number of rotatable bonds is 0. The van der Waals surface area contributed by atoms with Gasteiger partial charge in [-0.3, -0.25) is 0 Å². The number of nitrogens with two attached hydrogens (primary N) is 1. The van der Waals surface area contributed by atoms with Gasteiger partial charge in [-0.25, -0.2) is 9.97 Å². The fourth-order valence-electron chi connectivity index (χ4n) is 0.522. The number of hydrogen-bond donors (Lipinski definition) is 1. The molecule has 0 aliphatic carbocycles. The Morgan fingerprint density at radius 3 is 2.91 bits per heavy atom. The Hall–Kier alpha value is -0.350. The molecule has 2 N–H and O–H groups in total. The lowest BCUT2D eigenvalue weighted by Gasteiger charge is -1.94. The maximum atomic E-state index is 5.50. The third-order valence-electron chi connectivity index (χ3n) is 0.936. The van der Waals surface area contributed by atoms with Gasteiger partial charge in [0.15, 0.2) is 11.5 Å². The van der Waals surface area contributed by atoms with Crippen LogP contribution in [0, 0.1) is 9.85 Å². The Balaban J connectivity index is 3.16. The predicted octanol–water partition coefficient (Wildman–Crippen LogP) is 1.57. The van der Waals surface area contributed by atoms with Crippen LogP contribution in [-0.4, -0.2) is 9.97 Å². The summed E-state index contributed by atoms with van der Waals surface area (Å²) >= 11 is 5.06. The highest BCUT2D eigenvalue weighted by Gasteiger charge is 1.97. The second-order valence-corrected chi connectivity index (χ2v) is 3.00. The normalized spacial score (nSPS) is 8.55. The molecule has 1 aromatic rings. The van der Waals surface area contributed by atoms with Crippen molar-refractivity contribution in [2.75, 3.05) is 5.73 Å². The second kappa shape index (κ2) is 3.88. The van der Waals surface area contributed by atoms with E-state index in [0.717, 1.165) is 0 Å². The van der Waals surface area contributed by atoms with Gasteiger partial charge in [0.2, 0.25) is 0 Å². The van der Waals surface area contributed by atoms with Crippen molar-refractivity contribution in [3.05, 3.63) is 16.5 Å². The van der Waals surface area contributed by atoms with Gasteiger partial charge in [0.05, 0.1) is 6.20 Å². The summed E-state index contributed by atoms with van der Waals surface area (Å²) in [6, 6.07) is 0. The highest BCUT2D eigenvalue weighted by molar-refractivity contribution is 14.1. The van der Waals surface area contributed by atoms with Crippen LogP contribution in [0.4, 0.5) is 5.82 Å². The lowest BCUT2D eigenvalue weighted by molar-refractivity contribution is 1.15. The highest BCUT2D eigenvalue weighted by atomic mass is 127. The molecule has 1 aromatic heterocycles. The summed E-state index contributed by atoms with van der Waals surface area (Å²) in [7, 11) is 0. The van der Waals surface area contributed by atoms with Crippen molar-refractivity contribution < 1.29 is 0 Å². The maximum absolute atomic E-state index is 5.50. The molecule has 5 heteroatoms. The molecule has 0 radical (unpaired) electrons. The predicted molar refractivity (Wildman–Crippen MR) is 55.0 cm³/mol. The molecule has 1 rings (SSSR count). The van der Waals surface area contributed by atoms with Gasteiger partial charge in [-0.2, -0.15) is 0 Å². The van der Waals surface area contributed by atoms with Crippen LogP contribution in [0.25, 0.3) is 0 Å². The Labute approximate surface area is 86.1 Å². The number of anilines is 1. The van der Waals surface area contributed by atoms with E-state index in [1.165, 1.54) is 0 Å². The number of hydrogen-bond acceptors (Lipinski definition) is 3. The van der Waals surface area contributed by atoms with Crippen molar-refractivity contribution in [1.82, 2.24) is 9.97 Å². The van der Waals surface area contributed by atoms with Gasteiger partial charge in [0.25, 0.3) is 0 Å². The first kappa shape index (κ1) is 8.74. The summed E-state index contributed by atoms with van der Waals surface area (Å²) < 4.78 is 3.29. The summed E-state index contributed by atoms with van der Waals surface area (Å²) in [5.74, 6) is 3.07. The molecule has 0 saturated heterocycles. The van der Waals surface area contributed by atoms with E-state index in [1.54, 1.807) is 6.20 Å². The van der Waals surface area contributed by atoms with Gasteiger partial charge in [0.1, 0.15) is 4.60 Å². The van der Waals surface area contributed by atoms with E-state index in [0.29, 0.717) is 16.1 Å². The van der Waals surface area contributed by atoms with Crippen molar-refractivity contribution in [3.63, 3.8) is 0 Å². The monoisotopic (exact) mass is 323 g/mol. The molecule has 0 fully saturated rings. The maximum Gasteiger partial charge on any atom is 0.159 e. The van der Waals surface area contributed by atoms with Crippen molar-refractivity contribution in [1.29, 1.82) is 0 Å². The van der Waals surface area contributed by atoms with Crippen LogP contribution >= 0.6 is 38.5 Å². The number of nitrogen functional groups attached to an aromatic ring is 1. The van der Waals surface area contributed by atoms with E-state index in [9.17, 15) is 0 Å². The zero-order valence-corrected chi connectivity index (χ0v) is 9.05. The standard InChI is InChI=1S/C6H3BrIN3/c7-5-3-10-4(1-2-8)6(9)11-5/h3H,(H2,9,11). The summed E-state index contributed by atoms with van der Waals surface area (Å²) in [6.07, 6.45) is 1.56. The molecule has 0 aromatic carbocycles. The van der Waals surface area contributed by atoms with E-state index < -0.39 is 0 Å². The van der Waals surface area contributed by atoms with E-state index >= 15 is 0 Å². The molecule has 0 bridgehead atoms. The molecule has 56 valence electrons. The van der Waals surface area contributed by atoms with Gasteiger partial charge in [-0.15, -0.1) is 0 Å². The van der Waals surface area contributed by atoms with Crippen molar-refractivity contribution in [3.8, 4) is 9.85 Å². The van der Waals surface area contributed by atoms with Gasteiger partial charge in [-0.05, 0) is 25.8 Å². The van der Waals surface area contributed by atoms with Gasteiger partial charge in [0, 0.05) is 22.6 Å². The lowest BCUT2D eigenvalue weighted by atomic mass is 10.4. The average Bonchev–Trinajstić information content (AvgIpc) is 1.95. The Bertz CT molecular complexity index is 328. The van der Waals surface area contributed by atoms with Gasteiger partial charge >= 0.3 is 0 Å². The molecule has 0 unspecified atom stereocenters. The molecule has 0 aliphatic rings. The third kappa shape index (κ3) is 2.31. The molecule has 0 aliphatic heterocycles. The Morgan fingerprint density at radius 1 is 1.64 bits per heavy atom. The largest absolute Gasteiger partial charge is 0.381 e. The van der Waals surface area contributed by atoms with Crippen molar-refractivity contribution >= 4 is 44.3 Å². The van der Waals surface area contributed by atoms with E-state index in [2.05, 4.69) is 35.7 Å². The smallest absolute Gasteiger partial charge is 0.159 e. The van der Waals surface area contributed by atoms with Crippen LogP contribution in [0.2, 0.25) is 0 Å². The molecule has 3 nitrogen and oxygen atoms in total. The van der Waals surface area contributed by atoms with E-state index in [1.807, 2.05) is 22.6 Å². The minimum atomic E-state index is 0.351. The fourth-order valence-corrected chi connectivity index (χ4v) is 1.07. The minimum absolute atomic E-state index is 0.351. The van der Waals surface area contributed by atoms with Gasteiger partial charge < -0.3 is 5.73 Å². The molecular weight excluding hydrogens is 321 g/mol. The molecule has 0 atom stereocenters. The summed E-state index contributed by atoms with van der Waals surface area (Å²) in [6.45, 7) is 0. The first-order chi connectivity index (χ1) is 5.24. The van der Waals surface area contributed by atoms with Crippen LogP contribution in [0.1, 0.15) is 5.69 Å². The molecule has 0 amide bonds. The van der Waals surface area contributed by atoms with Crippen LogP contribution in [0.3, 0.4) is 0 Å². The summed E-state index contributed by atoms with van der Waals surface area (Å²) in [5.41, 5.74) is 6.01. The molecular formula is C6H3BrIN3. The minimum Gasteiger partial charge on any atom is -0.381 e. The molecule has 0 spiro atoms. The average molecular weight is 324 g/mol. The van der Waals surface area contributed by atoms with E-state index in [4.69, 9.17) is 5.73 Å². The Morgan fingerprint density at radius 2 is 2.36 bits per heavy atom. The lowest BCUT2D eigenvalue weighted by Crippen LogP contribution is -1.97. The summed E-state index contributed by atoms with van der Waals surface area (Å²) in [5, 5.41) is 0. The van der Waals surface area contributed by atoms with E-state index in [-0.39, 0.29) is 0 Å². The van der Waals surface area contributed by atoms with Crippen molar-refractivity contribution in [2.24, 2.45) is 0 Å². The topological polar surface area (TPSA) is 51.8 Å². The Kier molecular flexibility index (Phi) is 3.08. The quantitative estimate of drug-likeness (QED) is 0.582. The van der Waals surface area contributed by atoms with Gasteiger partial charge in [-0.1, -0.05) is 0 Å². The highest BCUT2D eigenvalue weighted by Crippen LogP contribution is 2.09. The van der Waals surface area contributed by atoms with Crippen LogP contribution in [0.15, 0.2) is 10.8 Å². The first-order valence-electron chi connectivity index (χ1n) is 2.63. The number of nitrogens with zero attached hydrogens (tertiary/aromatic N) is 2. The summed E-state index contributed by atoms with van der Waals surface area (Å²) in [4.78, 5) is 7.87. The zero-order chi connectivity index (χ0) is 8.27.